The number of carbonyl (C=O) groups excluding carboxylic acids is 1. The van der Waals surface area contributed by atoms with E-state index < -0.39 is 0 Å². The van der Waals surface area contributed by atoms with Crippen molar-refractivity contribution < 1.29 is 4.79 Å². The van der Waals surface area contributed by atoms with E-state index in [2.05, 4.69) is 32.5 Å². The molecule has 1 amide bonds. The summed E-state index contributed by atoms with van der Waals surface area (Å²) >= 11 is 4.78. The normalized spacial score (nSPS) is 20.8. The number of rotatable bonds is 3. The van der Waals surface area contributed by atoms with Crippen molar-refractivity contribution >= 4 is 38.4 Å². The van der Waals surface area contributed by atoms with Gasteiger partial charge in [0.2, 0.25) is 5.91 Å². The lowest BCUT2D eigenvalue weighted by atomic mass is 10.1. The van der Waals surface area contributed by atoms with Crippen molar-refractivity contribution in [1.29, 1.82) is 0 Å². The molecule has 1 N–H and O–H groups in total. The van der Waals surface area contributed by atoms with E-state index in [9.17, 15) is 4.79 Å². The molecule has 0 bridgehead atoms. The Kier molecular flexibility index (Phi) is 3.65. The number of amides is 1. The average molecular weight is 351 g/mol. The van der Waals surface area contributed by atoms with Crippen molar-refractivity contribution in [2.75, 3.05) is 5.32 Å². The largest absolute Gasteiger partial charge is 0.316 e. The smallest absolute Gasteiger partial charge is 0.228 e. The van der Waals surface area contributed by atoms with Gasteiger partial charge in [0.25, 0.3) is 0 Å². The third kappa shape index (κ3) is 2.65. The van der Waals surface area contributed by atoms with Crippen LogP contribution in [-0.4, -0.2) is 10.3 Å². The van der Waals surface area contributed by atoms with Crippen LogP contribution in [0.25, 0.3) is 11.3 Å². The number of nitrogens with zero attached hydrogens (tertiary/aromatic N) is 1. The predicted octanol–water partition coefficient (Wildman–Crippen LogP) is 4.48. The van der Waals surface area contributed by atoms with E-state index in [4.69, 9.17) is 0 Å². The molecule has 0 radical (unpaired) electrons. The van der Waals surface area contributed by atoms with Gasteiger partial charge in [0.15, 0.2) is 0 Å². The fourth-order valence-corrected chi connectivity index (χ4v) is 3.29. The van der Waals surface area contributed by atoms with Gasteiger partial charge in [-0.3, -0.25) is 4.79 Å². The quantitative estimate of drug-likeness (QED) is 0.886. The molecule has 1 aromatic heterocycles. The highest BCUT2D eigenvalue weighted by Gasteiger charge is 2.39. The van der Waals surface area contributed by atoms with Crippen molar-refractivity contribution in [3.63, 3.8) is 0 Å². The second-order valence-electron chi connectivity index (χ2n) is 5.30. The van der Waals surface area contributed by atoms with E-state index in [0.29, 0.717) is 5.92 Å². The summed E-state index contributed by atoms with van der Waals surface area (Å²) in [5.41, 5.74) is 3.06. The van der Waals surface area contributed by atoms with Gasteiger partial charge in [0, 0.05) is 21.5 Å². The highest BCUT2D eigenvalue weighted by Crippen LogP contribution is 2.39. The van der Waals surface area contributed by atoms with Gasteiger partial charge < -0.3 is 5.32 Å². The predicted molar refractivity (Wildman–Crippen MR) is 85.9 cm³/mol. The first-order valence-electron chi connectivity index (χ1n) is 6.59. The first-order valence-corrected chi connectivity index (χ1v) is 8.16. The molecule has 20 heavy (non-hydrogen) atoms. The van der Waals surface area contributed by atoms with Crippen molar-refractivity contribution in [2.24, 2.45) is 11.8 Å². The summed E-state index contributed by atoms with van der Waals surface area (Å²) in [6.07, 6.45) is 1.00. The first kappa shape index (κ1) is 13.8. The summed E-state index contributed by atoms with van der Waals surface area (Å²) in [5, 5.41) is 3.88. The number of nitrogens with one attached hydrogen (secondary N) is 1. The fourth-order valence-electron chi connectivity index (χ4n) is 2.22. The molecule has 1 aromatic carbocycles. The summed E-state index contributed by atoms with van der Waals surface area (Å²) in [4.78, 5) is 12.0. The molecule has 0 spiro atoms. The molecule has 0 saturated heterocycles. The zero-order valence-electron chi connectivity index (χ0n) is 11.3. The molecule has 2 atom stereocenters. The SMILES string of the molecule is Cc1c(-c2ccc(Br)cc2)nsc1NC(=O)[C@@H]1CC1C. The Morgan fingerprint density at radius 2 is 2.05 bits per heavy atom. The number of anilines is 1. The standard InChI is InChI=1S/C15H15BrN2OS/c1-8-7-12(8)14(19)17-15-9(2)13(18-20-15)10-3-5-11(16)6-4-10/h3-6,8,12H,7H2,1-2H3,(H,17,19)/t8?,12-/m1/s1. The molecule has 3 rings (SSSR count). The monoisotopic (exact) mass is 350 g/mol. The third-order valence-electron chi connectivity index (χ3n) is 3.72. The van der Waals surface area contributed by atoms with Crippen molar-refractivity contribution in [2.45, 2.75) is 20.3 Å². The summed E-state index contributed by atoms with van der Waals surface area (Å²) in [6.45, 7) is 4.11. The number of hydrogen-bond donors (Lipinski definition) is 1. The molecule has 1 saturated carbocycles. The molecule has 1 unspecified atom stereocenters. The van der Waals surface area contributed by atoms with Crippen LogP contribution in [-0.2, 0) is 4.79 Å². The Morgan fingerprint density at radius 1 is 1.40 bits per heavy atom. The van der Waals surface area contributed by atoms with E-state index in [0.717, 1.165) is 32.7 Å². The molecular formula is C15H15BrN2OS. The Bertz CT molecular complexity index is 650. The Balaban J connectivity index is 1.81. The van der Waals surface area contributed by atoms with Gasteiger partial charge in [0.1, 0.15) is 5.00 Å². The van der Waals surface area contributed by atoms with Gasteiger partial charge in [-0.15, -0.1) is 0 Å². The minimum atomic E-state index is 0.131. The summed E-state index contributed by atoms with van der Waals surface area (Å²) in [6, 6.07) is 8.05. The lowest BCUT2D eigenvalue weighted by molar-refractivity contribution is -0.117. The number of halogens is 1. The lowest BCUT2D eigenvalue weighted by Crippen LogP contribution is -2.14. The molecule has 1 fully saturated rings. The topological polar surface area (TPSA) is 42.0 Å². The van der Waals surface area contributed by atoms with Crippen LogP contribution >= 0.6 is 27.5 Å². The number of hydrogen-bond acceptors (Lipinski definition) is 3. The number of benzene rings is 1. The van der Waals surface area contributed by atoms with Gasteiger partial charge >= 0.3 is 0 Å². The minimum absolute atomic E-state index is 0.131. The van der Waals surface area contributed by atoms with Crippen LogP contribution in [0.1, 0.15) is 18.9 Å². The van der Waals surface area contributed by atoms with E-state index in [-0.39, 0.29) is 11.8 Å². The second-order valence-corrected chi connectivity index (χ2v) is 6.99. The molecular weight excluding hydrogens is 336 g/mol. The van der Waals surface area contributed by atoms with E-state index in [1.807, 2.05) is 31.2 Å². The third-order valence-corrected chi connectivity index (χ3v) is 5.12. The van der Waals surface area contributed by atoms with Gasteiger partial charge in [-0.05, 0) is 42.9 Å². The maximum Gasteiger partial charge on any atom is 0.228 e. The maximum absolute atomic E-state index is 12.0. The molecule has 1 aliphatic carbocycles. The second kappa shape index (κ2) is 5.30. The Morgan fingerprint density at radius 3 is 2.65 bits per heavy atom. The highest BCUT2D eigenvalue weighted by atomic mass is 79.9. The number of aromatic nitrogens is 1. The zero-order chi connectivity index (χ0) is 14.3. The van der Waals surface area contributed by atoms with Gasteiger partial charge in [-0.1, -0.05) is 35.0 Å². The number of carbonyl (C=O) groups is 1. The highest BCUT2D eigenvalue weighted by molar-refractivity contribution is 9.10. The minimum Gasteiger partial charge on any atom is -0.316 e. The molecule has 3 nitrogen and oxygen atoms in total. The summed E-state index contributed by atoms with van der Waals surface area (Å²) in [7, 11) is 0. The van der Waals surface area contributed by atoms with Crippen LogP contribution in [0.2, 0.25) is 0 Å². The molecule has 0 aliphatic heterocycles. The molecule has 1 heterocycles. The van der Waals surface area contributed by atoms with Crippen molar-refractivity contribution in [3.05, 3.63) is 34.3 Å². The maximum atomic E-state index is 12.0. The van der Waals surface area contributed by atoms with Gasteiger partial charge in [-0.25, -0.2) is 0 Å². The van der Waals surface area contributed by atoms with E-state index >= 15 is 0 Å². The molecule has 5 heteroatoms. The van der Waals surface area contributed by atoms with Crippen molar-refractivity contribution in [1.82, 2.24) is 4.37 Å². The average Bonchev–Trinajstić information content (AvgIpc) is 3.06. The van der Waals surface area contributed by atoms with Crippen molar-refractivity contribution in [3.8, 4) is 11.3 Å². The fraction of sp³-hybridized carbons (Fsp3) is 0.333. The molecule has 1 aliphatic rings. The van der Waals surface area contributed by atoms with E-state index in [1.165, 1.54) is 11.5 Å². The van der Waals surface area contributed by atoms with E-state index in [1.54, 1.807) is 0 Å². The molecule has 2 aromatic rings. The Labute approximate surface area is 130 Å². The zero-order valence-corrected chi connectivity index (χ0v) is 13.7. The lowest BCUT2D eigenvalue weighted by Gasteiger charge is -2.03. The van der Waals surface area contributed by atoms with Gasteiger partial charge in [0.05, 0.1) is 5.69 Å². The summed E-state index contributed by atoms with van der Waals surface area (Å²) in [5.74, 6) is 0.841. The first-order chi connectivity index (χ1) is 9.56. The van der Waals surface area contributed by atoms with Crippen LogP contribution < -0.4 is 5.32 Å². The van der Waals surface area contributed by atoms with Crippen LogP contribution in [0.5, 0.6) is 0 Å². The van der Waals surface area contributed by atoms with Crippen LogP contribution in [0.3, 0.4) is 0 Å². The van der Waals surface area contributed by atoms with Crippen LogP contribution in [0, 0.1) is 18.8 Å². The van der Waals surface area contributed by atoms with Gasteiger partial charge in [-0.2, -0.15) is 4.37 Å². The van der Waals surface area contributed by atoms with Crippen LogP contribution in [0.4, 0.5) is 5.00 Å². The molecule has 104 valence electrons. The summed E-state index contributed by atoms with van der Waals surface area (Å²) < 4.78 is 5.53. The Hall–Kier alpha value is -1.20. The van der Waals surface area contributed by atoms with Crippen LogP contribution in [0.15, 0.2) is 28.7 Å².